The molecule has 0 radical (unpaired) electrons. The third kappa shape index (κ3) is 2.39. The molecule has 3 nitrogen and oxygen atoms in total. The topological polar surface area (TPSA) is 35.0 Å². The minimum Gasteiger partial charge on any atom is -0.496 e. The first kappa shape index (κ1) is 13.4. The minimum atomic E-state index is 0.298. The Labute approximate surface area is 120 Å². The summed E-state index contributed by atoms with van der Waals surface area (Å²) < 4.78 is 5.24. The SMILES string of the molecule is COc1cccc(Cl)c1-c1nc(Cl)c(C)c(Cl)n1. The molecule has 0 spiro atoms. The van der Waals surface area contributed by atoms with Crippen LogP contribution in [0.25, 0.3) is 11.4 Å². The van der Waals surface area contributed by atoms with Crippen LogP contribution in [0.5, 0.6) is 5.75 Å². The fraction of sp³-hybridized carbons (Fsp3) is 0.167. The van der Waals surface area contributed by atoms with E-state index in [9.17, 15) is 0 Å². The lowest BCUT2D eigenvalue weighted by Crippen LogP contribution is -1.97. The molecule has 0 bridgehead atoms. The Morgan fingerprint density at radius 3 is 2.22 bits per heavy atom. The predicted molar refractivity (Wildman–Crippen MR) is 73.8 cm³/mol. The molecule has 0 amide bonds. The van der Waals surface area contributed by atoms with Crippen molar-refractivity contribution in [2.45, 2.75) is 6.92 Å². The van der Waals surface area contributed by atoms with Gasteiger partial charge in [-0.25, -0.2) is 9.97 Å². The molecule has 0 N–H and O–H groups in total. The normalized spacial score (nSPS) is 10.5. The molecule has 1 aromatic heterocycles. The highest BCUT2D eigenvalue weighted by Crippen LogP contribution is 2.36. The minimum absolute atomic E-state index is 0.298. The van der Waals surface area contributed by atoms with E-state index < -0.39 is 0 Å². The van der Waals surface area contributed by atoms with Gasteiger partial charge < -0.3 is 4.74 Å². The number of ether oxygens (including phenoxy) is 1. The highest BCUT2D eigenvalue weighted by molar-refractivity contribution is 6.35. The maximum absolute atomic E-state index is 6.14. The highest BCUT2D eigenvalue weighted by Gasteiger charge is 2.16. The quantitative estimate of drug-likeness (QED) is 0.770. The predicted octanol–water partition coefficient (Wildman–Crippen LogP) is 4.42. The standard InChI is InChI=1S/C12H9Cl3N2O/c1-6-10(14)16-12(17-11(6)15)9-7(13)4-3-5-8(9)18-2/h3-5H,1-2H3. The van der Waals surface area contributed by atoms with Crippen LogP contribution in [-0.2, 0) is 0 Å². The summed E-state index contributed by atoms with van der Waals surface area (Å²) in [5.74, 6) is 0.913. The number of hydrogen-bond acceptors (Lipinski definition) is 3. The van der Waals surface area contributed by atoms with Crippen LogP contribution in [0, 0.1) is 6.92 Å². The summed E-state index contributed by atoms with van der Waals surface area (Å²) >= 11 is 18.1. The Bertz CT molecular complexity index is 579. The number of halogens is 3. The fourth-order valence-corrected chi connectivity index (χ4v) is 2.10. The van der Waals surface area contributed by atoms with Crippen molar-refractivity contribution in [2.75, 3.05) is 7.11 Å². The molecule has 0 unspecified atom stereocenters. The summed E-state index contributed by atoms with van der Waals surface area (Å²) in [6, 6.07) is 5.28. The van der Waals surface area contributed by atoms with E-state index in [2.05, 4.69) is 9.97 Å². The first-order chi connectivity index (χ1) is 8.54. The van der Waals surface area contributed by atoms with Crippen LogP contribution < -0.4 is 4.74 Å². The van der Waals surface area contributed by atoms with Gasteiger partial charge in [-0.1, -0.05) is 40.9 Å². The van der Waals surface area contributed by atoms with Gasteiger partial charge in [0.25, 0.3) is 0 Å². The molecule has 94 valence electrons. The van der Waals surface area contributed by atoms with E-state index in [0.717, 1.165) is 0 Å². The van der Waals surface area contributed by atoms with Gasteiger partial charge in [0.05, 0.1) is 17.7 Å². The molecule has 0 fully saturated rings. The lowest BCUT2D eigenvalue weighted by molar-refractivity contribution is 0.416. The third-order valence-electron chi connectivity index (χ3n) is 2.45. The first-order valence-corrected chi connectivity index (χ1v) is 6.20. The Morgan fingerprint density at radius 1 is 1.06 bits per heavy atom. The first-order valence-electron chi connectivity index (χ1n) is 5.07. The zero-order valence-electron chi connectivity index (χ0n) is 9.67. The van der Waals surface area contributed by atoms with Gasteiger partial charge in [0.15, 0.2) is 5.82 Å². The van der Waals surface area contributed by atoms with Crippen molar-refractivity contribution in [3.8, 4) is 17.1 Å². The van der Waals surface area contributed by atoms with E-state index in [1.165, 1.54) is 0 Å². The van der Waals surface area contributed by atoms with Gasteiger partial charge in [0.1, 0.15) is 16.1 Å². The molecular formula is C12H9Cl3N2O. The zero-order chi connectivity index (χ0) is 13.3. The van der Waals surface area contributed by atoms with Gasteiger partial charge in [-0.15, -0.1) is 0 Å². The number of methoxy groups -OCH3 is 1. The van der Waals surface area contributed by atoms with E-state index in [-0.39, 0.29) is 0 Å². The molecule has 0 atom stereocenters. The van der Waals surface area contributed by atoms with Crippen molar-refractivity contribution in [1.29, 1.82) is 0 Å². The van der Waals surface area contributed by atoms with E-state index in [4.69, 9.17) is 39.5 Å². The summed E-state index contributed by atoms with van der Waals surface area (Å²) in [6.45, 7) is 1.75. The third-order valence-corrected chi connectivity index (χ3v) is 3.50. The number of hydrogen-bond donors (Lipinski definition) is 0. The van der Waals surface area contributed by atoms with E-state index >= 15 is 0 Å². The van der Waals surface area contributed by atoms with Crippen molar-refractivity contribution >= 4 is 34.8 Å². The van der Waals surface area contributed by atoms with E-state index in [1.807, 2.05) is 0 Å². The highest BCUT2D eigenvalue weighted by atomic mass is 35.5. The van der Waals surface area contributed by atoms with Crippen LogP contribution in [-0.4, -0.2) is 17.1 Å². The molecule has 2 rings (SSSR count). The van der Waals surface area contributed by atoms with Gasteiger partial charge in [-0.3, -0.25) is 0 Å². The second-order valence-corrected chi connectivity index (χ2v) is 4.69. The maximum Gasteiger partial charge on any atom is 0.167 e. The second kappa shape index (κ2) is 5.31. The molecule has 0 saturated heterocycles. The number of rotatable bonds is 2. The summed E-state index contributed by atoms with van der Waals surface area (Å²) in [5.41, 5.74) is 1.21. The fourth-order valence-electron chi connectivity index (χ4n) is 1.47. The molecule has 1 heterocycles. The van der Waals surface area contributed by atoms with Gasteiger partial charge in [0.2, 0.25) is 0 Å². The average molecular weight is 304 g/mol. The lowest BCUT2D eigenvalue weighted by Gasteiger charge is -2.10. The van der Waals surface area contributed by atoms with Crippen LogP contribution in [0.3, 0.4) is 0 Å². The molecule has 2 aromatic rings. The molecule has 0 saturated carbocycles. The Hall–Kier alpha value is -1.03. The summed E-state index contributed by atoms with van der Waals surface area (Å²) in [5, 5.41) is 1.07. The molecular weight excluding hydrogens is 295 g/mol. The molecule has 6 heteroatoms. The number of benzene rings is 1. The van der Waals surface area contributed by atoms with Gasteiger partial charge in [-0.2, -0.15) is 0 Å². The van der Waals surface area contributed by atoms with Gasteiger partial charge >= 0.3 is 0 Å². The summed E-state index contributed by atoms with van der Waals surface area (Å²) in [4.78, 5) is 8.36. The number of aromatic nitrogens is 2. The lowest BCUT2D eigenvalue weighted by atomic mass is 10.2. The van der Waals surface area contributed by atoms with E-state index in [0.29, 0.717) is 38.0 Å². The van der Waals surface area contributed by atoms with Crippen LogP contribution in [0.2, 0.25) is 15.3 Å². The Morgan fingerprint density at radius 2 is 1.67 bits per heavy atom. The monoisotopic (exact) mass is 302 g/mol. The average Bonchev–Trinajstić information content (AvgIpc) is 2.35. The van der Waals surface area contributed by atoms with Crippen LogP contribution in [0.4, 0.5) is 0 Å². The summed E-state index contributed by atoms with van der Waals surface area (Å²) in [6.07, 6.45) is 0. The molecule has 0 aliphatic heterocycles. The summed E-state index contributed by atoms with van der Waals surface area (Å²) in [7, 11) is 1.55. The molecule has 0 aliphatic carbocycles. The van der Waals surface area contributed by atoms with Gasteiger partial charge in [-0.05, 0) is 19.1 Å². The Kier molecular flexibility index (Phi) is 3.95. The van der Waals surface area contributed by atoms with E-state index in [1.54, 1.807) is 32.2 Å². The van der Waals surface area contributed by atoms with Crippen LogP contribution in [0.1, 0.15) is 5.56 Å². The molecule has 18 heavy (non-hydrogen) atoms. The van der Waals surface area contributed by atoms with Gasteiger partial charge in [0, 0.05) is 5.56 Å². The smallest absolute Gasteiger partial charge is 0.167 e. The largest absolute Gasteiger partial charge is 0.496 e. The molecule has 1 aromatic carbocycles. The Balaban J connectivity index is 2.69. The van der Waals surface area contributed by atoms with Crippen molar-refractivity contribution in [3.63, 3.8) is 0 Å². The second-order valence-electron chi connectivity index (χ2n) is 3.57. The number of nitrogens with zero attached hydrogens (tertiary/aromatic N) is 2. The van der Waals surface area contributed by atoms with Crippen molar-refractivity contribution < 1.29 is 4.74 Å². The van der Waals surface area contributed by atoms with Crippen LogP contribution >= 0.6 is 34.8 Å². The maximum atomic E-state index is 6.14. The van der Waals surface area contributed by atoms with Crippen molar-refractivity contribution in [3.05, 3.63) is 39.1 Å². The van der Waals surface area contributed by atoms with Crippen LogP contribution in [0.15, 0.2) is 18.2 Å². The van der Waals surface area contributed by atoms with Crippen molar-refractivity contribution in [1.82, 2.24) is 9.97 Å². The molecule has 0 aliphatic rings. The zero-order valence-corrected chi connectivity index (χ0v) is 11.9. The van der Waals surface area contributed by atoms with Crippen molar-refractivity contribution in [2.24, 2.45) is 0 Å².